The summed E-state index contributed by atoms with van der Waals surface area (Å²) in [7, 11) is 0. The van der Waals surface area contributed by atoms with Crippen molar-refractivity contribution in [3.8, 4) is 11.3 Å². The van der Waals surface area contributed by atoms with Gasteiger partial charge in [0.25, 0.3) is 0 Å². The second kappa shape index (κ2) is 6.97. The molecule has 0 aliphatic carbocycles. The van der Waals surface area contributed by atoms with Gasteiger partial charge in [-0.25, -0.2) is 9.37 Å². The summed E-state index contributed by atoms with van der Waals surface area (Å²) in [5, 5.41) is 1.93. The van der Waals surface area contributed by atoms with Crippen molar-refractivity contribution in [2.75, 3.05) is 0 Å². The summed E-state index contributed by atoms with van der Waals surface area (Å²) in [5.74, 6) is -0.903. The molecule has 2 heterocycles. The molecule has 2 aromatic carbocycles. The number of carbonyl (C=O) groups excluding carboxylic acids is 1. The minimum absolute atomic E-state index is 0.0556. The van der Waals surface area contributed by atoms with Gasteiger partial charge in [0.2, 0.25) is 0 Å². The second-order valence-corrected chi connectivity index (χ2v) is 7.37. The third-order valence-corrected chi connectivity index (χ3v) is 5.23. The molecule has 0 N–H and O–H groups in total. The fourth-order valence-electron chi connectivity index (χ4n) is 2.69. The molecule has 0 saturated heterocycles. The molecule has 0 radical (unpaired) electrons. The fourth-order valence-corrected chi connectivity index (χ4v) is 3.67. The van der Waals surface area contributed by atoms with E-state index in [4.69, 9.17) is 0 Å². The molecule has 0 saturated carbocycles. The first-order valence-corrected chi connectivity index (χ1v) is 9.49. The molecule has 0 unspecified atom stereocenters. The Morgan fingerprint density at radius 3 is 2.69 bits per heavy atom. The van der Waals surface area contributed by atoms with Gasteiger partial charge in [-0.1, -0.05) is 40.2 Å². The number of hydrogen-bond donors (Lipinski definition) is 0. The molecule has 6 heteroatoms. The number of fused-ring (bicyclic) bond motifs is 1. The molecule has 4 aromatic rings. The molecule has 0 aliphatic rings. The molecule has 128 valence electrons. The maximum absolute atomic E-state index is 13.8. The van der Waals surface area contributed by atoms with Crippen molar-refractivity contribution >= 4 is 44.1 Å². The van der Waals surface area contributed by atoms with Crippen molar-refractivity contribution in [1.82, 2.24) is 9.38 Å². The first-order valence-electron chi connectivity index (χ1n) is 7.82. The predicted octanol–water partition coefficient (Wildman–Crippen LogP) is 5.86. The minimum Gasteiger partial charge on any atom is -0.290 e. The van der Waals surface area contributed by atoms with Gasteiger partial charge in [-0.05, 0) is 36.4 Å². The van der Waals surface area contributed by atoms with E-state index < -0.39 is 5.82 Å². The monoisotopic (exact) mass is 426 g/mol. The zero-order valence-electron chi connectivity index (χ0n) is 13.4. The van der Waals surface area contributed by atoms with Gasteiger partial charge in [-0.2, -0.15) is 0 Å². The molecule has 0 fully saturated rings. The lowest BCUT2D eigenvalue weighted by Crippen LogP contribution is -1.98. The van der Waals surface area contributed by atoms with E-state index in [9.17, 15) is 9.18 Å². The van der Waals surface area contributed by atoms with Gasteiger partial charge in [0, 0.05) is 21.6 Å². The minimum atomic E-state index is -0.524. The highest BCUT2D eigenvalue weighted by Gasteiger charge is 2.14. The lowest BCUT2D eigenvalue weighted by atomic mass is 10.1. The molecular weight excluding hydrogens is 415 g/mol. The van der Waals surface area contributed by atoms with Crippen molar-refractivity contribution in [1.29, 1.82) is 0 Å². The molecule has 3 nitrogen and oxygen atoms in total. The number of ketones is 1. The molecular formula is C20H12BrFN2OS. The van der Waals surface area contributed by atoms with E-state index >= 15 is 0 Å². The van der Waals surface area contributed by atoms with Crippen LogP contribution in [0.3, 0.4) is 0 Å². The van der Waals surface area contributed by atoms with Crippen LogP contribution in [0.1, 0.15) is 16.1 Å². The van der Waals surface area contributed by atoms with Crippen LogP contribution in [-0.2, 0) is 0 Å². The van der Waals surface area contributed by atoms with Gasteiger partial charge in [0.15, 0.2) is 10.7 Å². The van der Waals surface area contributed by atoms with E-state index in [2.05, 4.69) is 20.9 Å². The number of carbonyl (C=O) groups is 1. The van der Waals surface area contributed by atoms with Crippen LogP contribution in [-0.4, -0.2) is 15.2 Å². The van der Waals surface area contributed by atoms with Gasteiger partial charge in [0.05, 0.1) is 17.0 Å². The van der Waals surface area contributed by atoms with Crippen LogP contribution in [0.5, 0.6) is 0 Å². The highest BCUT2D eigenvalue weighted by Crippen LogP contribution is 2.28. The quantitative estimate of drug-likeness (QED) is 0.302. The molecule has 0 bridgehead atoms. The van der Waals surface area contributed by atoms with Gasteiger partial charge in [0.1, 0.15) is 5.82 Å². The SMILES string of the molecule is O=C(C=Cc1c(-c2ccc(Br)cc2)nc2sccn12)c1ccccc1F. The Hall–Kier alpha value is -2.57. The maximum atomic E-state index is 13.8. The third kappa shape index (κ3) is 3.13. The zero-order chi connectivity index (χ0) is 18.1. The van der Waals surface area contributed by atoms with Gasteiger partial charge < -0.3 is 0 Å². The van der Waals surface area contributed by atoms with Crippen LogP contribution in [0.25, 0.3) is 22.3 Å². The topological polar surface area (TPSA) is 34.4 Å². The van der Waals surface area contributed by atoms with Gasteiger partial charge >= 0.3 is 0 Å². The van der Waals surface area contributed by atoms with Crippen molar-refractivity contribution < 1.29 is 9.18 Å². The van der Waals surface area contributed by atoms with Gasteiger partial charge in [-0.15, -0.1) is 11.3 Å². The normalized spacial score (nSPS) is 11.5. The highest BCUT2D eigenvalue weighted by atomic mass is 79.9. The lowest BCUT2D eigenvalue weighted by Gasteiger charge is -2.01. The Morgan fingerprint density at radius 2 is 1.92 bits per heavy atom. The number of thiazole rings is 1. The van der Waals surface area contributed by atoms with Crippen LogP contribution in [0.2, 0.25) is 0 Å². The van der Waals surface area contributed by atoms with Crippen LogP contribution in [0.15, 0.2) is 70.7 Å². The van der Waals surface area contributed by atoms with E-state index in [-0.39, 0.29) is 11.3 Å². The van der Waals surface area contributed by atoms with Crippen LogP contribution >= 0.6 is 27.3 Å². The molecule has 0 aliphatic heterocycles. The Balaban J connectivity index is 1.77. The van der Waals surface area contributed by atoms with Crippen molar-refractivity contribution in [3.63, 3.8) is 0 Å². The molecule has 0 spiro atoms. The van der Waals surface area contributed by atoms with Crippen molar-refractivity contribution in [2.24, 2.45) is 0 Å². The largest absolute Gasteiger partial charge is 0.290 e. The lowest BCUT2D eigenvalue weighted by molar-refractivity contribution is 0.104. The second-order valence-electron chi connectivity index (χ2n) is 5.59. The summed E-state index contributed by atoms with van der Waals surface area (Å²) in [4.78, 5) is 17.9. The van der Waals surface area contributed by atoms with E-state index in [1.807, 2.05) is 40.2 Å². The van der Waals surface area contributed by atoms with E-state index in [0.717, 1.165) is 26.4 Å². The Bertz CT molecular complexity index is 1130. The van der Waals surface area contributed by atoms with Gasteiger partial charge in [-0.3, -0.25) is 9.20 Å². The van der Waals surface area contributed by atoms with Crippen LogP contribution in [0.4, 0.5) is 4.39 Å². The molecule has 2 aromatic heterocycles. The number of allylic oxidation sites excluding steroid dienone is 1. The van der Waals surface area contributed by atoms with E-state index in [0.29, 0.717) is 0 Å². The fraction of sp³-hybridized carbons (Fsp3) is 0. The Kier molecular flexibility index (Phi) is 4.53. The van der Waals surface area contributed by atoms with Crippen molar-refractivity contribution in [3.05, 3.63) is 87.7 Å². The summed E-state index contributed by atoms with van der Waals surface area (Å²) in [5.41, 5.74) is 2.57. The summed E-state index contributed by atoms with van der Waals surface area (Å²) in [6.07, 6.45) is 4.99. The number of nitrogens with zero attached hydrogens (tertiary/aromatic N) is 2. The smallest absolute Gasteiger partial charge is 0.194 e. The average Bonchev–Trinajstić information content (AvgIpc) is 3.22. The number of halogens is 2. The Labute approximate surface area is 161 Å². The molecule has 4 rings (SSSR count). The molecule has 0 amide bonds. The number of imidazole rings is 1. The van der Waals surface area contributed by atoms with E-state index in [1.54, 1.807) is 18.2 Å². The van der Waals surface area contributed by atoms with Crippen LogP contribution in [0, 0.1) is 5.82 Å². The molecule has 26 heavy (non-hydrogen) atoms. The van der Waals surface area contributed by atoms with E-state index in [1.165, 1.54) is 29.5 Å². The number of rotatable bonds is 4. The predicted molar refractivity (Wildman–Crippen MR) is 106 cm³/mol. The summed E-state index contributed by atoms with van der Waals surface area (Å²) in [6.45, 7) is 0. The first kappa shape index (κ1) is 16.9. The average molecular weight is 427 g/mol. The summed E-state index contributed by atoms with van der Waals surface area (Å²) < 4.78 is 16.7. The number of benzene rings is 2. The highest BCUT2D eigenvalue weighted by molar-refractivity contribution is 9.10. The maximum Gasteiger partial charge on any atom is 0.194 e. The standard InChI is InChI=1S/C20H12BrFN2OS/c21-14-7-5-13(6-8-14)19-17(24-11-12-26-20(24)23-19)9-10-18(25)15-3-1-2-4-16(15)22/h1-12H. The first-order chi connectivity index (χ1) is 12.6. The zero-order valence-corrected chi connectivity index (χ0v) is 15.8. The molecule has 0 atom stereocenters. The number of hydrogen-bond acceptors (Lipinski definition) is 3. The summed E-state index contributed by atoms with van der Waals surface area (Å²) in [6, 6.07) is 13.8. The van der Waals surface area contributed by atoms with Crippen molar-refractivity contribution in [2.45, 2.75) is 0 Å². The number of aromatic nitrogens is 2. The third-order valence-electron chi connectivity index (χ3n) is 3.95. The van der Waals surface area contributed by atoms with Crippen LogP contribution < -0.4 is 0 Å². The Morgan fingerprint density at radius 1 is 1.15 bits per heavy atom. The summed E-state index contributed by atoms with van der Waals surface area (Å²) >= 11 is 4.95.